The normalized spacial score (nSPS) is 11.9. The number of phosphoric acid groups is 3. The predicted octanol–water partition coefficient (Wildman–Crippen LogP) is 39.0. The summed E-state index contributed by atoms with van der Waals surface area (Å²) < 4.78 is 66.1. The fourth-order valence-corrected chi connectivity index (χ4v) is 19.4. The Labute approximate surface area is 788 Å². The number of rotatable bonds is 108. The van der Waals surface area contributed by atoms with Gasteiger partial charge in [0.05, 0.1) is 39.6 Å². The summed E-state index contributed by atoms with van der Waals surface area (Å²) in [7, 11) is -12.4. The summed E-state index contributed by atoms with van der Waals surface area (Å²) in [6.45, 7) is 15.2. The van der Waals surface area contributed by atoms with E-state index >= 15 is 0 Å². The molecule has 0 aliphatic heterocycles. The Kier molecular flexibility index (Phi) is 123. The molecule has 12 nitrogen and oxygen atoms in total. The second-order valence-corrected chi connectivity index (χ2v) is 42.4. The van der Waals surface area contributed by atoms with Gasteiger partial charge in [-0.15, -0.1) is 0 Å². The van der Waals surface area contributed by atoms with E-state index in [4.69, 9.17) is 27.1 Å². The Morgan fingerprint density at radius 2 is 0.177 bits per heavy atom. The van der Waals surface area contributed by atoms with E-state index in [1.165, 1.54) is 539 Å². The zero-order valence-corrected chi connectivity index (χ0v) is 88.7. The number of hydrogen-bond donors (Lipinski definition) is 0. The van der Waals surface area contributed by atoms with E-state index < -0.39 is 23.5 Å². The van der Waals surface area contributed by atoms with Crippen molar-refractivity contribution >= 4 is 23.5 Å². The van der Waals surface area contributed by atoms with E-state index in [1.54, 1.807) is 0 Å². The van der Waals surface area contributed by atoms with Gasteiger partial charge >= 0.3 is 17.4 Å². The molecule has 0 atom stereocenters. The van der Waals surface area contributed by atoms with Crippen molar-refractivity contribution in [2.24, 2.45) is 0 Å². The molecule has 0 amide bonds. The molecule has 0 aliphatic rings. The van der Waals surface area contributed by atoms with Gasteiger partial charge < -0.3 is 41.8 Å². The topological polar surface area (TPSA) is 176 Å². The number of phosphoric ester groups is 3. The van der Waals surface area contributed by atoms with E-state index in [2.05, 4.69) is 41.5 Å². The number of hydrogen-bond acceptors (Lipinski definition) is 12. The zero-order valence-electron chi connectivity index (χ0n) is 84.8. The van der Waals surface area contributed by atoms with Gasteiger partial charge in [-0.1, -0.05) is 619 Å². The van der Waals surface area contributed by atoms with Gasteiger partial charge in [0, 0.05) is 0 Å². The minimum absolute atomic E-state index is 0. The van der Waals surface area contributed by atoms with Gasteiger partial charge in [0.25, 0.3) is 23.5 Å². The molecular weight excluding hydrogens is 1630 g/mol. The standard InChI is InChI=1S/3C36H75O4P.Cr/c3*1-3-5-7-9-11-13-15-17-19-21-23-25-27-29-31-33-35-39-41(37,38)40-36-34-32-30-28-26-24-22-20-18-16-14-12-10-8-6-4-2;/h3*3-36H2,1-2H3,(H,37,38);/q;;;+3/p-3. The van der Waals surface area contributed by atoms with Gasteiger partial charge in [0.15, 0.2) is 0 Å². The van der Waals surface area contributed by atoms with Crippen LogP contribution < -0.4 is 14.7 Å². The quantitative estimate of drug-likeness (QED) is 0.0417. The van der Waals surface area contributed by atoms with Crippen molar-refractivity contribution in [2.45, 2.75) is 658 Å². The van der Waals surface area contributed by atoms with Crippen LogP contribution >= 0.6 is 23.5 Å². The molecule has 16 heteroatoms. The molecule has 747 valence electrons. The minimum Gasteiger partial charge on any atom is -0.756 e. The fraction of sp³-hybridized carbons (Fsp3) is 1.00. The van der Waals surface area contributed by atoms with Gasteiger partial charge in [-0.2, -0.15) is 0 Å². The molecule has 0 saturated carbocycles. The van der Waals surface area contributed by atoms with Gasteiger partial charge in [-0.25, -0.2) is 0 Å². The molecule has 0 unspecified atom stereocenters. The van der Waals surface area contributed by atoms with Crippen LogP contribution in [0.25, 0.3) is 0 Å². The largest absolute Gasteiger partial charge is 3.00 e. The van der Waals surface area contributed by atoms with Crippen molar-refractivity contribution in [2.75, 3.05) is 39.6 Å². The third-order valence-corrected chi connectivity index (χ3v) is 28.5. The van der Waals surface area contributed by atoms with Crippen LogP contribution in [0.1, 0.15) is 658 Å². The van der Waals surface area contributed by atoms with E-state index in [1.807, 2.05) is 0 Å². The molecule has 0 aliphatic carbocycles. The van der Waals surface area contributed by atoms with E-state index in [-0.39, 0.29) is 57.0 Å². The van der Waals surface area contributed by atoms with Crippen molar-refractivity contribution in [3.8, 4) is 0 Å². The van der Waals surface area contributed by atoms with Crippen molar-refractivity contribution in [1.82, 2.24) is 0 Å². The summed E-state index contributed by atoms with van der Waals surface area (Å²) >= 11 is 0. The van der Waals surface area contributed by atoms with Crippen molar-refractivity contribution in [3.05, 3.63) is 0 Å². The van der Waals surface area contributed by atoms with Crippen LogP contribution in [0.4, 0.5) is 0 Å². The maximum Gasteiger partial charge on any atom is 3.00 e. The smallest absolute Gasteiger partial charge is 0.756 e. The van der Waals surface area contributed by atoms with Crippen LogP contribution in [-0.4, -0.2) is 39.6 Å². The van der Waals surface area contributed by atoms with Crippen molar-refractivity contribution in [1.29, 1.82) is 0 Å². The summed E-state index contributed by atoms with van der Waals surface area (Å²) in [4.78, 5) is 35.8. The van der Waals surface area contributed by atoms with Gasteiger partial charge in [-0.3, -0.25) is 13.7 Å². The van der Waals surface area contributed by atoms with Gasteiger partial charge in [0.2, 0.25) is 0 Å². The van der Waals surface area contributed by atoms with Crippen LogP contribution in [0.15, 0.2) is 0 Å². The Morgan fingerprint density at radius 1 is 0.121 bits per heavy atom. The molecule has 0 fully saturated rings. The molecule has 0 N–H and O–H groups in total. The molecule has 0 aromatic rings. The molecule has 1 radical (unpaired) electrons. The Hall–Kier alpha value is 0.862. The van der Waals surface area contributed by atoms with Crippen molar-refractivity contribution < 1.29 is 72.9 Å². The Balaban J connectivity index is -0.000000867. The summed E-state index contributed by atoms with van der Waals surface area (Å²) in [5.74, 6) is 0. The Bertz CT molecular complexity index is 1680. The summed E-state index contributed by atoms with van der Waals surface area (Å²) in [6, 6.07) is 0. The average molecular weight is 1860 g/mol. The molecule has 0 rings (SSSR count). The summed E-state index contributed by atoms with van der Waals surface area (Å²) in [5.41, 5.74) is 0. The van der Waals surface area contributed by atoms with E-state index in [9.17, 15) is 28.4 Å². The van der Waals surface area contributed by atoms with Crippen LogP contribution in [0, 0.1) is 0 Å². The first-order valence-corrected chi connectivity index (χ1v) is 60.5. The summed E-state index contributed by atoms with van der Waals surface area (Å²) in [6.07, 6.45) is 126. The van der Waals surface area contributed by atoms with E-state index in [0.29, 0.717) is 0 Å². The SMILES string of the molecule is CCCCCCCCCCCCCCCCCCOP(=O)([O-])OCCCCCCCCCCCCCCCCCC.CCCCCCCCCCCCCCCCCCOP(=O)([O-])OCCCCCCCCCCCCCCCCCC.CCCCCCCCCCCCCCCCCCOP(=O)([O-])OCCCCCCCCCCCCCCCCCC.[Cr+3]. The predicted molar refractivity (Wildman–Crippen MR) is 536 cm³/mol. The minimum atomic E-state index is -4.12. The Morgan fingerprint density at radius 3 is 0.242 bits per heavy atom. The van der Waals surface area contributed by atoms with Gasteiger partial charge in [0.1, 0.15) is 0 Å². The second-order valence-electron chi connectivity index (χ2n) is 38.2. The first kappa shape index (κ1) is 131. The summed E-state index contributed by atoms with van der Waals surface area (Å²) in [5, 5.41) is 0. The monoisotopic (exact) mass is 1860 g/mol. The van der Waals surface area contributed by atoms with E-state index in [0.717, 1.165) is 77.0 Å². The van der Waals surface area contributed by atoms with Crippen LogP contribution in [0.2, 0.25) is 0 Å². The molecular formula is C108H222CrO12P3. The third kappa shape index (κ3) is 125. The third-order valence-electron chi connectivity index (χ3n) is 25.5. The van der Waals surface area contributed by atoms with Crippen LogP contribution in [-0.2, 0) is 58.2 Å². The second kappa shape index (κ2) is 116. The maximum absolute atomic E-state index is 11.9. The molecule has 0 saturated heterocycles. The molecule has 0 spiro atoms. The molecule has 0 aromatic carbocycles. The van der Waals surface area contributed by atoms with Crippen molar-refractivity contribution in [3.63, 3.8) is 0 Å². The first-order valence-electron chi connectivity index (χ1n) is 56.2. The molecule has 0 heterocycles. The maximum atomic E-state index is 11.9. The number of unbranched alkanes of at least 4 members (excludes halogenated alkanes) is 90. The van der Waals surface area contributed by atoms with Crippen LogP contribution in [0.5, 0.6) is 0 Å². The molecule has 124 heavy (non-hydrogen) atoms. The average Bonchev–Trinajstić information content (AvgIpc) is 0.950. The first-order chi connectivity index (χ1) is 60.4. The molecule has 0 bridgehead atoms. The molecule has 0 aromatic heterocycles. The zero-order chi connectivity index (χ0) is 89.9. The fourth-order valence-electron chi connectivity index (χ4n) is 17.1. The van der Waals surface area contributed by atoms with Crippen LogP contribution in [0.3, 0.4) is 0 Å². The van der Waals surface area contributed by atoms with Gasteiger partial charge in [-0.05, 0) is 38.5 Å².